The van der Waals surface area contributed by atoms with E-state index in [4.69, 9.17) is 4.74 Å². The molecule has 0 aliphatic heterocycles. The number of nitrogens with one attached hydrogen (secondary N) is 1. The van der Waals surface area contributed by atoms with Crippen molar-refractivity contribution in [1.82, 2.24) is 0 Å². The summed E-state index contributed by atoms with van der Waals surface area (Å²) >= 11 is 3.30. The zero-order valence-corrected chi connectivity index (χ0v) is 17.7. The van der Waals surface area contributed by atoms with Crippen LogP contribution in [-0.2, 0) is 12.8 Å². The van der Waals surface area contributed by atoms with Crippen LogP contribution in [0.5, 0.6) is 5.75 Å². The number of hydrazone groups is 1. The second kappa shape index (κ2) is 9.77. The molecule has 0 amide bonds. The average Bonchev–Trinajstić information content (AvgIpc) is 2.73. The van der Waals surface area contributed by atoms with Gasteiger partial charge >= 0.3 is 6.18 Å². The predicted molar refractivity (Wildman–Crippen MR) is 114 cm³/mol. The van der Waals surface area contributed by atoms with Crippen LogP contribution in [-0.4, -0.2) is 11.1 Å². The number of anilines is 1. The van der Waals surface area contributed by atoms with Gasteiger partial charge in [-0.2, -0.15) is 18.3 Å². The zero-order chi connectivity index (χ0) is 23.3. The molecule has 166 valence electrons. The monoisotopic (exact) mass is 511 g/mol. The minimum atomic E-state index is -4.71. The van der Waals surface area contributed by atoms with Crippen LogP contribution in [0.2, 0.25) is 0 Å². The van der Waals surface area contributed by atoms with E-state index in [0.717, 1.165) is 6.07 Å². The Hall–Kier alpha value is -3.47. The van der Waals surface area contributed by atoms with Gasteiger partial charge in [0.25, 0.3) is 5.69 Å². The Bertz CT molecular complexity index is 1170. The van der Waals surface area contributed by atoms with Crippen LogP contribution in [0.15, 0.2) is 70.2 Å². The summed E-state index contributed by atoms with van der Waals surface area (Å²) in [6.45, 7) is -0.0487. The van der Waals surface area contributed by atoms with Crippen LogP contribution in [0.25, 0.3) is 0 Å². The van der Waals surface area contributed by atoms with Gasteiger partial charge in [0.15, 0.2) is 0 Å². The van der Waals surface area contributed by atoms with Crippen molar-refractivity contribution in [2.24, 2.45) is 5.10 Å². The number of benzene rings is 3. The molecule has 0 aliphatic rings. The Morgan fingerprint density at radius 1 is 1.12 bits per heavy atom. The van der Waals surface area contributed by atoms with Gasteiger partial charge in [-0.15, -0.1) is 0 Å². The number of nitro benzene ring substituents is 1. The van der Waals surface area contributed by atoms with E-state index in [0.29, 0.717) is 33.5 Å². The van der Waals surface area contributed by atoms with E-state index in [2.05, 4.69) is 26.5 Å². The molecule has 32 heavy (non-hydrogen) atoms. The normalized spacial score (nSPS) is 11.5. The summed E-state index contributed by atoms with van der Waals surface area (Å²) in [4.78, 5) is 10.2. The zero-order valence-electron chi connectivity index (χ0n) is 16.1. The second-order valence-corrected chi connectivity index (χ2v) is 7.33. The predicted octanol–water partition coefficient (Wildman–Crippen LogP) is 6.54. The molecular formula is C21H14BrF4N3O3. The number of hydrogen-bond donors (Lipinski definition) is 1. The summed E-state index contributed by atoms with van der Waals surface area (Å²) in [6.07, 6.45) is -3.43. The number of halogens is 5. The first-order valence-corrected chi connectivity index (χ1v) is 9.75. The van der Waals surface area contributed by atoms with E-state index in [1.54, 1.807) is 36.4 Å². The first-order valence-electron chi connectivity index (χ1n) is 8.95. The molecule has 0 atom stereocenters. The molecule has 6 nitrogen and oxygen atoms in total. The Labute approximate surface area is 187 Å². The lowest BCUT2D eigenvalue weighted by molar-refractivity contribution is -0.384. The molecule has 0 radical (unpaired) electrons. The fourth-order valence-electron chi connectivity index (χ4n) is 2.65. The van der Waals surface area contributed by atoms with Gasteiger partial charge in [0.1, 0.15) is 23.9 Å². The third-order valence-corrected chi connectivity index (χ3v) is 4.72. The van der Waals surface area contributed by atoms with Gasteiger partial charge in [-0.1, -0.05) is 34.1 Å². The molecule has 0 spiro atoms. The van der Waals surface area contributed by atoms with E-state index in [1.807, 2.05) is 0 Å². The summed E-state index contributed by atoms with van der Waals surface area (Å²) in [5.74, 6) is -0.0694. The van der Waals surface area contributed by atoms with Crippen LogP contribution in [0, 0.1) is 15.9 Å². The second-order valence-electron chi connectivity index (χ2n) is 6.42. The van der Waals surface area contributed by atoms with E-state index in [-0.39, 0.29) is 12.3 Å². The summed E-state index contributed by atoms with van der Waals surface area (Å²) in [5.41, 5.74) is 1.03. The Kier molecular flexibility index (Phi) is 7.08. The van der Waals surface area contributed by atoms with Crippen LogP contribution in [0.4, 0.5) is 28.9 Å². The molecule has 0 bridgehead atoms. The maximum atomic E-state index is 13.8. The molecule has 0 aliphatic carbocycles. The molecule has 0 saturated carbocycles. The van der Waals surface area contributed by atoms with Crippen LogP contribution in [0.1, 0.15) is 16.7 Å². The molecule has 3 rings (SSSR count). The van der Waals surface area contributed by atoms with Crippen LogP contribution in [0.3, 0.4) is 0 Å². The molecule has 3 aromatic carbocycles. The average molecular weight is 512 g/mol. The van der Waals surface area contributed by atoms with E-state index < -0.39 is 28.2 Å². The highest BCUT2D eigenvalue weighted by atomic mass is 79.9. The van der Waals surface area contributed by atoms with E-state index in [1.165, 1.54) is 12.3 Å². The Balaban J connectivity index is 1.80. The summed E-state index contributed by atoms with van der Waals surface area (Å²) in [6, 6.07) is 13.1. The van der Waals surface area contributed by atoms with Gasteiger partial charge in [-0.05, 0) is 36.4 Å². The number of rotatable bonds is 7. The number of alkyl halides is 3. The molecule has 3 aromatic rings. The highest BCUT2D eigenvalue weighted by Gasteiger charge is 2.33. The summed E-state index contributed by atoms with van der Waals surface area (Å²) in [7, 11) is 0. The maximum absolute atomic E-state index is 13.8. The van der Waals surface area contributed by atoms with Crippen molar-refractivity contribution in [3.05, 3.63) is 97.8 Å². The van der Waals surface area contributed by atoms with Crippen molar-refractivity contribution in [1.29, 1.82) is 0 Å². The van der Waals surface area contributed by atoms with Crippen molar-refractivity contribution >= 4 is 33.5 Å². The summed E-state index contributed by atoms with van der Waals surface area (Å²) < 4.78 is 58.6. The van der Waals surface area contributed by atoms with Crippen LogP contribution < -0.4 is 10.2 Å². The standard InChI is InChI=1S/C21H14BrF4N3O3/c22-16-6-8-20(32-12-13-3-1-2-4-17(13)23)14(9-16)11-27-28-18-7-5-15(21(24,25)26)10-19(18)29(30)31/h1-11,28H,12H2/b27-11-. The number of ether oxygens (including phenoxy) is 1. The molecule has 1 N–H and O–H groups in total. The minimum absolute atomic E-state index is 0.0487. The van der Waals surface area contributed by atoms with Gasteiger partial charge in [0.05, 0.1) is 16.7 Å². The molecular weight excluding hydrogens is 498 g/mol. The third-order valence-electron chi connectivity index (χ3n) is 4.22. The topological polar surface area (TPSA) is 76.8 Å². The minimum Gasteiger partial charge on any atom is -0.488 e. The fraction of sp³-hybridized carbons (Fsp3) is 0.0952. The van der Waals surface area contributed by atoms with Gasteiger partial charge in [-0.3, -0.25) is 15.5 Å². The van der Waals surface area contributed by atoms with Crippen LogP contribution >= 0.6 is 15.9 Å². The highest BCUT2D eigenvalue weighted by molar-refractivity contribution is 9.10. The lowest BCUT2D eigenvalue weighted by Gasteiger charge is -2.11. The molecule has 0 aromatic heterocycles. The van der Waals surface area contributed by atoms with E-state index >= 15 is 0 Å². The maximum Gasteiger partial charge on any atom is 0.416 e. The van der Waals surface area contributed by atoms with Gasteiger partial charge in [-0.25, -0.2) is 4.39 Å². The van der Waals surface area contributed by atoms with Crippen molar-refractivity contribution in [3.8, 4) is 5.75 Å². The quantitative estimate of drug-likeness (QED) is 0.169. The number of nitro groups is 1. The smallest absolute Gasteiger partial charge is 0.416 e. The molecule has 11 heteroatoms. The lowest BCUT2D eigenvalue weighted by Crippen LogP contribution is -2.06. The molecule has 0 saturated heterocycles. The van der Waals surface area contributed by atoms with E-state index in [9.17, 15) is 27.7 Å². The number of nitrogens with zero attached hydrogens (tertiary/aromatic N) is 2. The fourth-order valence-corrected chi connectivity index (χ4v) is 3.03. The van der Waals surface area contributed by atoms with Crippen molar-refractivity contribution in [2.75, 3.05) is 5.43 Å². The molecule has 0 unspecified atom stereocenters. The first kappa shape index (κ1) is 23.2. The molecule has 0 fully saturated rings. The Morgan fingerprint density at radius 2 is 1.88 bits per heavy atom. The largest absolute Gasteiger partial charge is 0.488 e. The highest BCUT2D eigenvalue weighted by Crippen LogP contribution is 2.35. The Morgan fingerprint density at radius 3 is 2.56 bits per heavy atom. The number of hydrogen-bond acceptors (Lipinski definition) is 5. The van der Waals surface area contributed by atoms with Crippen molar-refractivity contribution < 1.29 is 27.2 Å². The van der Waals surface area contributed by atoms with Crippen molar-refractivity contribution in [2.45, 2.75) is 12.8 Å². The van der Waals surface area contributed by atoms with Gasteiger partial charge in [0.2, 0.25) is 0 Å². The third kappa shape index (κ3) is 5.82. The first-order chi connectivity index (χ1) is 15.1. The summed E-state index contributed by atoms with van der Waals surface area (Å²) in [5, 5.41) is 15.1. The van der Waals surface area contributed by atoms with Gasteiger partial charge < -0.3 is 4.74 Å². The lowest BCUT2D eigenvalue weighted by atomic mass is 10.1. The molecule has 0 heterocycles. The SMILES string of the molecule is O=[N+]([O-])c1cc(C(F)(F)F)ccc1N/N=C\c1cc(Br)ccc1OCc1ccccc1F. The van der Waals surface area contributed by atoms with Gasteiger partial charge in [0, 0.05) is 21.7 Å². The van der Waals surface area contributed by atoms with Crippen molar-refractivity contribution in [3.63, 3.8) is 0 Å².